The van der Waals surface area contributed by atoms with E-state index >= 15 is 0 Å². The van der Waals surface area contributed by atoms with Gasteiger partial charge in [0.15, 0.2) is 11.5 Å². The molecular weight excluding hydrogens is 226 g/mol. The van der Waals surface area contributed by atoms with Gasteiger partial charge in [-0.1, -0.05) is 5.10 Å². The summed E-state index contributed by atoms with van der Waals surface area (Å²) in [5.41, 5.74) is 2.42. The molecule has 2 aromatic heterocycles. The Morgan fingerprint density at radius 2 is 2.18 bits per heavy atom. The highest BCUT2D eigenvalue weighted by Crippen LogP contribution is 2.02. The number of rotatable bonds is 3. The van der Waals surface area contributed by atoms with E-state index in [1.807, 2.05) is 0 Å². The molecule has 0 aromatic carbocycles. The number of hydrogen-bond donors (Lipinski definition) is 3. The lowest BCUT2D eigenvalue weighted by Gasteiger charge is -2.00. The Morgan fingerprint density at radius 1 is 1.35 bits per heavy atom. The van der Waals surface area contributed by atoms with Gasteiger partial charge < -0.3 is 5.43 Å². The van der Waals surface area contributed by atoms with Gasteiger partial charge in [0.1, 0.15) is 0 Å². The average molecular weight is 235 g/mol. The molecular formula is C7H9N9O. The number of nitrogens with one attached hydrogen (secondary N) is 2. The van der Waals surface area contributed by atoms with Crippen LogP contribution in [0, 0.1) is 0 Å². The van der Waals surface area contributed by atoms with Gasteiger partial charge in [0.05, 0.1) is 7.05 Å². The summed E-state index contributed by atoms with van der Waals surface area (Å²) in [5, 5.41) is 20.7. The molecule has 0 saturated heterocycles. The second-order valence-corrected chi connectivity index (χ2v) is 3.00. The minimum atomic E-state index is -0.478. The van der Waals surface area contributed by atoms with E-state index in [0.29, 0.717) is 5.82 Å². The fourth-order valence-corrected chi connectivity index (χ4v) is 1.03. The van der Waals surface area contributed by atoms with Crippen molar-refractivity contribution in [3.8, 4) is 0 Å². The lowest BCUT2D eigenvalue weighted by atomic mass is 10.3. The number of carbonyl (C=O) groups is 1. The summed E-state index contributed by atoms with van der Waals surface area (Å²) < 4.78 is 0. The van der Waals surface area contributed by atoms with Gasteiger partial charge in [-0.15, -0.1) is 15.3 Å². The Morgan fingerprint density at radius 3 is 2.71 bits per heavy atom. The van der Waals surface area contributed by atoms with Crippen molar-refractivity contribution in [3.05, 3.63) is 17.8 Å². The summed E-state index contributed by atoms with van der Waals surface area (Å²) >= 11 is 0. The van der Waals surface area contributed by atoms with Crippen molar-refractivity contribution in [2.45, 2.75) is 0 Å². The first-order valence-electron chi connectivity index (χ1n) is 4.55. The molecule has 0 unspecified atom stereocenters. The Kier molecular flexibility index (Phi) is 2.87. The van der Waals surface area contributed by atoms with E-state index < -0.39 is 5.91 Å². The molecule has 1 amide bonds. The predicted molar refractivity (Wildman–Crippen MR) is 56.6 cm³/mol. The van der Waals surface area contributed by atoms with Gasteiger partial charge in [-0.3, -0.25) is 10.1 Å². The van der Waals surface area contributed by atoms with Crippen molar-refractivity contribution in [2.75, 3.05) is 10.7 Å². The number of hydrogen-bond acceptors (Lipinski definition) is 8. The molecule has 10 heteroatoms. The van der Waals surface area contributed by atoms with Crippen molar-refractivity contribution < 1.29 is 4.79 Å². The van der Waals surface area contributed by atoms with Crippen LogP contribution < -0.4 is 16.6 Å². The third kappa shape index (κ3) is 2.49. The van der Waals surface area contributed by atoms with Crippen LogP contribution in [0.2, 0.25) is 0 Å². The molecule has 0 aliphatic rings. The number of nitrogen functional groups attached to an aromatic ring is 1. The fourth-order valence-electron chi connectivity index (χ4n) is 1.03. The number of tetrazole rings is 1. The predicted octanol–water partition coefficient (Wildman–Crippen LogP) is -1.46. The van der Waals surface area contributed by atoms with Gasteiger partial charge in [-0.2, -0.15) is 4.80 Å². The Labute approximate surface area is 95.2 Å². The third-order valence-corrected chi connectivity index (χ3v) is 1.78. The summed E-state index contributed by atoms with van der Waals surface area (Å²) in [7, 11) is 1.59. The summed E-state index contributed by atoms with van der Waals surface area (Å²) in [5.74, 6) is 5.10. The quantitative estimate of drug-likeness (QED) is 0.433. The van der Waals surface area contributed by atoms with Crippen molar-refractivity contribution >= 4 is 17.7 Å². The fraction of sp³-hybridized carbons (Fsp3) is 0.143. The first-order chi connectivity index (χ1) is 8.19. The molecule has 0 radical (unpaired) electrons. The maximum atomic E-state index is 11.6. The zero-order valence-electron chi connectivity index (χ0n) is 8.82. The number of hydrazine groups is 1. The van der Waals surface area contributed by atoms with Crippen LogP contribution in [0.15, 0.2) is 12.1 Å². The highest BCUT2D eigenvalue weighted by molar-refractivity contribution is 6.01. The second-order valence-electron chi connectivity index (χ2n) is 3.00. The minimum Gasteiger partial charge on any atom is -0.307 e. The highest BCUT2D eigenvalue weighted by Gasteiger charge is 2.11. The number of amides is 1. The van der Waals surface area contributed by atoms with Crippen LogP contribution in [0.5, 0.6) is 0 Å². The zero-order valence-corrected chi connectivity index (χ0v) is 8.82. The molecule has 4 N–H and O–H groups in total. The SMILES string of the molecule is Cn1nnc(NC(=O)c2ccc(NN)nn2)n1. The van der Waals surface area contributed by atoms with E-state index in [2.05, 4.69) is 36.4 Å². The molecule has 17 heavy (non-hydrogen) atoms. The van der Waals surface area contributed by atoms with Crippen molar-refractivity contribution in [1.82, 2.24) is 30.4 Å². The van der Waals surface area contributed by atoms with Crippen LogP contribution in [0.3, 0.4) is 0 Å². The number of aryl methyl sites for hydroxylation is 1. The Hall–Kier alpha value is -2.62. The van der Waals surface area contributed by atoms with E-state index in [0.717, 1.165) is 0 Å². The minimum absolute atomic E-state index is 0.0975. The van der Waals surface area contributed by atoms with Crippen LogP contribution in [0.4, 0.5) is 11.8 Å². The maximum Gasteiger partial charge on any atom is 0.278 e. The van der Waals surface area contributed by atoms with Gasteiger partial charge in [0, 0.05) is 0 Å². The van der Waals surface area contributed by atoms with Crippen LogP contribution in [0.25, 0.3) is 0 Å². The molecule has 0 aliphatic carbocycles. The van der Waals surface area contributed by atoms with E-state index in [4.69, 9.17) is 5.84 Å². The van der Waals surface area contributed by atoms with Crippen LogP contribution in [-0.4, -0.2) is 36.3 Å². The van der Waals surface area contributed by atoms with Gasteiger partial charge in [-0.05, 0) is 17.3 Å². The van der Waals surface area contributed by atoms with E-state index in [1.165, 1.54) is 16.9 Å². The number of aromatic nitrogens is 6. The lowest BCUT2D eigenvalue weighted by Crippen LogP contribution is -2.16. The van der Waals surface area contributed by atoms with Crippen molar-refractivity contribution in [2.24, 2.45) is 12.9 Å². The normalized spacial score (nSPS) is 10.0. The second kappa shape index (κ2) is 4.49. The zero-order chi connectivity index (χ0) is 12.3. The third-order valence-electron chi connectivity index (χ3n) is 1.78. The molecule has 0 spiro atoms. The Balaban J connectivity index is 2.09. The molecule has 2 rings (SSSR count). The number of anilines is 2. The number of nitrogens with two attached hydrogens (primary N) is 1. The molecule has 0 saturated carbocycles. The van der Waals surface area contributed by atoms with Crippen LogP contribution >= 0.6 is 0 Å². The molecule has 0 atom stereocenters. The average Bonchev–Trinajstić information content (AvgIpc) is 2.75. The topological polar surface area (TPSA) is 137 Å². The maximum absolute atomic E-state index is 11.6. The molecule has 2 aromatic rings. The van der Waals surface area contributed by atoms with Crippen molar-refractivity contribution in [3.63, 3.8) is 0 Å². The molecule has 0 fully saturated rings. The summed E-state index contributed by atoms with van der Waals surface area (Å²) in [6.07, 6.45) is 0. The van der Waals surface area contributed by atoms with E-state index in [9.17, 15) is 4.79 Å². The monoisotopic (exact) mass is 235 g/mol. The summed E-state index contributed by atoms with van der Waals surface area (Å²) in [6, 6.07) is 2.99. The highest BCUT2D eigenvalue weighted by atomic mass is 16.2. The van der Waals surface area contributed by atoms with E-state index in [1.54, 1.807) is 7.05 Å². The largest absolute Gasteiger partial charge is 0.307 e. The molecule has 88 valence electrons. The first kappa shape index (κ1) is 10.9. The van der Waals surface area contributed by atoms with Gasteiger partial charge in [-0.25, -0.2) is 5.84 Å². The number of carbonyl (C=O) groups excluding carboxylic acids is 1. The standard InChI is InChI=1S/C7H9N9O/c1-16-14-7(13-15-16)9-6(17)4-2-3-5(10-8)12-11-4/h2-3H,8H2,1H3,(H,10,12)(H,9,14,17). The first-order valence-corrected chi connectivity index (χ1v) is 4.55. The molecule has 0 aliphatic heterocycles. The Bertz CT molecular complexity index is 518. The van der Waals surface area contributed by atoms with Gasteiger partial charge in [0.25, 0.3) is 11.9 Å². The van der Waals surface area contributed by atoms with Crippen LogP contribution in [0.1, 0.15) is 10.5 Å². The van der Waals surface area contributed by atoms with Crippen LogP contribution in [-0.2, 0) is 7.05 Å². The molecule has 10 nitrogen and oxygen atoms in total. The summed E-state index contributed by atoms with van der Waals surface area (Å²) in [6.45, 7) is 0. The van der Waals surface area contributed by atoms with Gasteiger partial charge >= 0.3 is 0 Å². The molecule has 0 bridgehead atoms. The van der Waals surface area contributed by atoms with Crippen molar-refractivity contribution in [1.29, 1.82) is 0 Å². The molecule has 2 heterocycles. The van der Waals surface area contributed by atoms with E-state index in [-0.39, 0.29) is 11.6 Å². The summed E-state index contributed by atoms with van der Waals surface area (Å²) in [4.78, 5) is 12.9. The smallest absolute Gasteiger partial charge is 0.278 e. The lowest BCUT2D eigenvalue weighted by molar-refractivity contribution is 0.102. The van der Waals surface area contributed by atoms with Gasteiger partial charge in [0.2, 0.25) is 0 Å². The number of nitrogens with zero attached hydrogens (tertiary/aromatic N) is 6.